The van der Waals surface area contributed by atoms with Gasteiger partial charge in [0.2, 0.25) is 0 Å². The second-order valence-corrected chi connectivity index (χ2v) is 7.08. The third-order valence-electron chi connectivity index (χ3n) is 4.95. The molecule has 0 saturated carbocycles. The molecule has 1 N–H and O–H groups in total. The number of rotatable bonds is 10. The summed E-state index contributed by atoms with van der Waals surface area (Å²) < 4.78 is 18.2. The summed E-state index contributed by atoms with van der Waals surface area (Å²) in [6.45, 7) is 9.93. The lowest BCUT2D eigenvalue weighted by molar-refractivity contribution is 0.0947. The van der Waals surface area contributed by atoms with Crippen LogP contribution in [0.2, 0.25) is 0 Å². The molecule has 0 spiro atoms. The van der Waals surface area contributed by atoms with Crippen LogP contribution in [0.3, 0.4) is 0 Å². The molecule has 0 aliphatic rings. The van der Waals surface area contributed by atoms with Crippen molar-refractivity contribution >= 4 is 11.6 Å². The zero-order valence-electron chi connectivity index (χ0n) is 18.8. The molecular formula is C23H30N4O4. The number of carbonyl (C=O) groups excluding carboxylic acids is 1. The monoisotopic (exact) mass is 426 g/mol. The molecule has 0 bridgehead atoms. The molecule has 166 valence electrons. The van der Waals surface area contributed by atoms with Crippen molar-refractivity contribution < 1.29 is 19.0 Å². The maximum absolute atomic E-state index is 12.6. The van der Waals surface area contributed by atoms with Crippen molar-refractivity contribution in [2.24, 2.45) is 0 Å². The van der Waals surface area contributed by atoms with E-state index in [4.69, 9.17) is 14.2 Å². The fourth-order valence-corrected chi connectivity index (χ4v) is 3.48. The molecule has 8 heteroatoms. The molecule has 0 fully saturated rings. The average Bonchev–Trinajstić information content (AvgIpc) is 3.10. The molecule has 0 unspecified atom stereocenters. The fraction of sp³-hybridized carbons (Fsp3) is 0.435. The SMILES string of the molecule is CCOc1ccc(-c2c(C)nn3c(C)c(C(=O)NCCCOC)cnc23)cc1OCC. The van der Waals surface area contributed by atoms with E-state index >= 15 is 0 Å². The van der Waals surface area contributed by atoms with E-state index in [9.17, 15) is 4.79 Å². The Morgan fingerprint density at radius 2 is 1.87 bits per heavy atom. The van der Waals surface area contributed by atoms with Crippen LogP contribution in [0.25, 0.3) is 16.8 Å². The first-order valence-corrected chi connectivity index (χ1v) is 10.5. The molecule has 0 aliphatic carbocycles. The molecule has 0 radical (unpaired) electrons. The molecular weight excluding hydrogens is 396 g/mol. The zero-order chi connectivity index (χ0) is 22.4. The Kier molecular flexibility index (Phi) is 7.46. The van der Waals surface area contributed by atoms with Gasteiger partial charge in [-0.05, 0) is 51.8 Å². The van der Waals surface area contributed by atoms with Crippen LogP contribution in [0.5, 0.6) is 11.5 Å². The minimum absolute atomic E-state index is 0.169. The first kappa shape index (κ1) is 22.6. The molecule has 2 heterocycles. The van der Waals surface area contributed by atoms with Crippen LogP contribution in [-0.4, -0.2) is 54.0 Å². The molecule has 3 aromatic rings. The second-order valence-electron chi connectivity index (χ2n) is 7.08. The first-order chi connectivity index (χ1) is 15.0. The van der Waals surface area contributed by atoms with Gasteiger partial charge in [0.15, 0.2) is 17.1 Å². The van der Waals surface area contributed by atoms with Crippen LogP contribution in [0.1, 0.15) is 42.0 Å². The van der Waals surface area contributed by atoms with Gasteiger partial charge < -0.3 is 19.5 Å². The maximum Gasteiger partial charge on any atom is 0.254 e. The predicted molar refractivity (Wildman–Crippen MR) is 119 cm³/mol. The number of hydrogen-bond donors (Lipinski definition) is 1. The number of hydrogen-bond acceptors (Lipinski definition) is 6. The number of methoxy groups -OCH3 is 1. The number of fused-ring (bicyclic) bond motifs is 1. The van der Waals surface area contributed by atoms with Crippen LogP contribution in [0.4, 0.5) is 0 Å². The summed E-state index contributed by atoms with van der Waals surface area (Å²) >= 11 is 0. The molecule has 3 rings (SSSR count). The van der Waals surface area contributed by atoms with Crippen LogP contribution in [0, 0.1) is 13.8 Å². The van der Waals surface area contributed by atoms with Crippen molar-refractivity contribution in [2.45, 2.75) is 34.1 Å². The van der Waals surface area contributed by atoms with Gasteiger partial charge in [-0.3, -0.25) is 4.79 Å². The normalized spacial score (nSPS) is 11.0. The minimum Gasteiger partial charge on any atom is -0.490 e. The number of carbonyl (C=O) groups is 1. The van der Waals surface area contributed by atoms with Crippen molar-refractivity contribution in [3.63, 3.8) is 0 Å². The van der Waals surface area contributed by atoms with Crippen molar-refractivity contribution in [2.75, 3.05) is 33.5 Å². The van der Waals surface area contributed by atoms with Gasteiger partial charge >= 0.3 is 0 Å². The van der Waals surface area contributed by atoms with Gasteiger partial charge in [0, 0.05) is 32.0 Å². The van der Waals surface area contributed by atoms with E-state index in [0.717, 1.165) is 28.9 Å². The molecule has 0 atom stereocenters. The summed E-state index contributed by atoms with van der Waals surface area (Å²) in [7, 11) is 1.64. The largest absolute Gasteiger partial charge is 0.490 e. The molecule has 0 aliphatic heterocycles. The minimum atomic E-state index is -0.169. The number of aromatic nitrogens is 3. The van der Waals surface area contributed by atoms with Crippen molar-refractivity contribution in [1.29, 1.82) is 0 Å². The highest BCUT2D eigenvalue weighted by atomic mass is 16.5. The van der Waals surface area contributed by atoms with E-state index in [-0.39, 0.29) is 5.91 Å². The lowest BCUT2D eigenvalue weighted by Gasteiger charge is -2.12. The molecule has 1 amide bonds. The summed E-state index contributed by atoms with van der Waals surface area (Å²) in [5.41, 5.74) is 4.58. The fourth-order valence-electron chi connectivity index (χ4n) is 3.48. The lowest BCUT2D eigenvalue weighted by Crippen LogP contribution is -2.26. The molecule has 8 nitrogen and oxygen atoms in total. The Morgan fingerprint density at radius 1 is 1.13 bits per heavy atom. The smallest absolute Gasteiger partial charge is 0.254 e. The van der Waals surface area contributed by atoms with Gasteiger partial charge in [0.05, 0.1) is 30.2 Å². The third kappa shape index (κ3) is 4.80. The summed E-state index contributed by atoms with van der Waals surface area (Å²) in [4.78, 5) is 17.2. The van der Waals surface area contributed by atoms with E-state index in [2.05, 4.69) is 15.4 Å². The van der Waals surface area contributed by atoms with E-state index in [1.807, 2.05) is 45.9 Å². The number of ether oxygens (including phenoxy) is 3. The Hall–Kier alpha value is -3.13. The summed E-state index contributed by atoms with van der Waals surface area (Å²) in [6.07, 6.45) is 2.36. The number of nitrogens with one attached hydrogen (secondary N) is 1. The van der Waals surface area contributed by atoms with Crippen molar-refractivity contribution in [1.82, 2.24) is 19.9 Å². The predicted octanol–water partition coefficient (Wildman–Crippen LogP) is 3.58. The molecule has 0 saturated heterocycles. The van der Waals surface area contributed by atoms with Crippen molar-refractivity contribution in [3.05, 3.63) is 41.3 Å². The third-order valence-corrected chi connectivity index (χ3v) is 4.95. The van der Waals surface area contributed by atoms with Crippen LogP contribution >= 0.6 is 0 Å². The van der Waals surface area contributed by atoms with Crippen LogP contribution < -0.4 is 14.8 Å². The van der Waals surface area contributed by atoms with Crippen LogP contribution in [0.15, 0.2) is 24.4 Å². The standard InChI is InChI=1S/C23H30N4O4/c1-6-30-19-10-9-17(13-20(19)31-7-2)21-15(3)26-27-16(4)18(14-25-22(21)27)23(28)24-11-8-12-29-5/h9-10,13-14H,6-8,11-12H2,1-5H3,(H,24,28). The van der Waals surface area contributed by atoms with Gasteiger partial charge in [-0.1, -0.05) is 6.07 Å². The summed E-state index contributed by atoms with van der Waals surface area (Å²) in [5.74, 6) is 1.22. The van der Waals surface area contributed by atoms with E-state index in [1.54, 1.807) is 17.8 Å². The topological polar surface area (TPSA) is 87.0 Å². The average molecular weight is 427 g/mol. The number of nitrogens with zero attached hydrogens (tertiary/aromatic N) is 3. The lowest BCUT2D eigenvalue weighted by atomic mass is 10.1. The van der Waals surface area contributed by atoms with E-state index < -0.39 is 0 Å². The number of amides is 1. The summed E-state index contributed by atoms with van der Waals surface area (Å²) in [5, 5.41) is 7.56. The highest BCUT2D eigenvalue weighted by molar-refractivity contribution is 5.95. The van der Waals surface area contributed by atoms with E-state index in [0.29, 0.717) is 49.1 Å². The number of aryl methyl sites for hydroxylation is 2. The molecule has 2 aromatic heterocycles. The number of benzene rings is 1. The van der Waals surface area contributed by atoms with Crippen LogP contribution in [-0.2, 0) is 4.74 Å². The van der Waals surface area contributed by atoms with Gasteiger partial charge in [-0.2, -0.15) is 5.10 Å². The molecule has 1 aromatic carbocycles. The Labute approximate surface area is 182 Å². The van der Waals surface area contributed by atoms with Gasteiger partial charge in [0.1, 0.15) is 0 Å². The first-order valence-electron chi connectivity index (χ1n) is 10.5. The van der Waals surface area contributed by atoms with Crippen molar-refractivity contribution in [3.8, 4) is 22.6 Å². The maximum atomic E-state index is 12.6. The second kappa shape index (κ2) is 10.3. The highest BCUT2D eigenvalue weighted by Crippen LogP contribution is 2.35. The zero-order valence-corrected chi connectivity index (χ0v) is 18.8. The Bertz CT molecular complexity index is 1060. The van der Waals surface area contributed by atoms with Gasteiger partial charge in [-0.25, -0.2) is 9.50 Å². The Balaban J connectivity index is 1.98. The quantitative estimate of drug-likeness (QED) is 0.499. The molecule has 31 heavy (non-hydrogen) atoms. The van der Waals surface area contributed by atoms with Gasteiger partial charge in [-0.15, -0.1) is 0 Å². The highest BCUT2D eigenvalue weighted by Gasteiger charge is 2.20. The van der Waals surface area contributed by atoms with E-state index in [1.165, 1.54) is 0 Å². The summed E-state index contributed by atoms with van der Waals surface area (Å²) in [6, 6.07) is 5.83. The Morgan fingerprint density at radius 3 is 2.58 bits per heavy atom. The van der Waals surface area contributed by atoms with Gasteiger partial charge in [0.25, 0.3) is 5.91 Å².